The Labute approximate surface area is 675 Å². The molecule has 2 saturated heterocycles. The number of carbonyl (C=O) groups excluding carboxylic acids is 9. The van der Waals surface area contributed by atoms with Crippen molar-refractivity contribution in [1.82, 2.24) is 0 Å². The number of esters is 9. The Balaban J connectivity index is 0.890. The molecule has 26 N–H and O–H groups in total. The summed E-state index contributed by atoms with van der Waals surface area (Å²) in [5.74, 6) is -60.2. The molecule has 640 valence electrons. The number of aromatic hydroxyl groups is 25. The van der Waals surface area contributed by atoms with Crippen molar-refractivity contribution in [3.8, 4) is 189 Å². The number of ether oxygens (including phenoxy) is 13. The smallest absolute Gasteiger partial charge is 0.342 e. The van der Waals surface area contributed by atoms with Crippen LogP contribution in [0, 0.1) is 0 Å². The molecular weight excluding hydrogens is 1670 g/mol. The van der Waals surface area contributed by atoms with E-state index in [1.807, 2.05) is 0 Å². The molecule has 123 heavy (non-hydrogen) atoms. The van der Waals surface area contributed by atoms with E-state index in [0.717, 1.165) is 0 Å². The van der Waals surface area contributed by atoms with E-state index in [2.05, 4.69) is 0 Å². The van der Waals surface area contributed by atoms with Gasteiger partial charge in [0.15, 0.2) is 152 Å². The van der Waals surface area contributed by atoms with Crippen molar-refractivity contribution < 1.29 is 237 Å². The number of phenolic OH excluding ortho intramolecular Hbond substituents is 25. The molecule has 5 aliphatic heterocycles. The normalized spacial score (nSPS) is 20.4. The zero-order valence-corrected chi connectivity index (χ0v) is 60.2. The second-order valence-corrected chi connectivity index (χ2v) is 26.7. The van der Waals surface area contributed by atoms with Crippen LogP contribution in [0.15, 0.2) is 72.8 Å². The lowest BCUT2D eigenvalue weighted by Gasteiger charge is -2.44. The zero-order chi connectivity index (χ0) is 89.3. The fraction of sp³-hybridized carbons (Fsp3) is 0.160. The molecule has 48 nitrogen and oxygen atoms in total. The molecule has 9 aromatic rings. The minimum Gasteiger partial charge on any atom is -0.504 e. The van der Waals surface area contributed by atoms with Crippen LogP contribution in [-0.4, -0.2) is 261 Å². The molecule has 9 aromatic carbocycles. The first-order valence-electron chi connectivity index (χ1n) is 34.2. The minimum atomic E-state index is -2.94. The van der Waals surface area contributed by atoms with Crippen LogP contribution in [0.5, 0.6) is 167 Å². The Bertz CT molecular complexity index is 6100. The predicted octanol–water partition coefficient (Wildman–Crippen LogP) is 3.15. The van der Waals surface area contributed by atoms with E-state index >= 15 is 14.4 Å². The lowest BCUT2D eigenvalue weighted by Crippen LogP contribution is -2.63. The number of aliphatic hydroxyl groups is 1. The Morgan fingerprint density at radius 2 is 0.691 bits per heavy atom. The van der Waals surface area contributed by atoms with Crippen molar-refractivity contribution >= 4 is 53.7 Å². The summed E-state index contributed by atoms with van der Waals surface area (Å²) in [5, 5.41) is 286. The summed E-state index contributed by atoms with van der Waals surface area (Å²) in [6.07, 6.45) is -27.4. The fourth-order valence-electron chi connectivity index (χ4n) is 13.2. The van der Waals surface area contributed by atoms with Crippen molar-refractivity contribution in [2.24, 2.45) is 0 Å². The van der Waals surface area contributed by atoms with E-state index in [0.29, 0.717) is 54.6 Å². The number of hydrogen-bond acceptors (Lipinski definition) is 48. The first-order valence-corrected chi connectivity index (χ1v) is 34.2. The summed E-state index contributed by atoms with van der Waals surface area (Å²) in [6, 6.07) is 4.22. The third kappa shape index (κ3) is 14.0. The quantitative estimate of drug-likeness (QED) is 0.0590. The number of hydrogen-bond donors (Lipinski definition) is 26. The Morgan fingerprint density at radius 1 is 0.317 bits per heavy atom. The molecule has 2 bridgehead atoms. The van der Waals surface area contributed by atoms with Crippen molar-refractivity contribution in [3.63, 3.8) is 0 Å². The van der Waals surface area contributed by atoms with Crippen LogP contribution in [0.2, 0.25) is 0 Å². The summed E-state index contributed by atoms with van der Waals surface area (Å²) in [5.41, 5.74) is -15.6. The second kappa shape index (κ2) is 30.3. The summed E-state index contributed by atoms with van der Waals surface area (Å²) < 4.78 is 73.7. The number of cyclic esters (lactones) is 2. The van der Waals surface area contributed by atoms with Crippen LogP contribution in [0.4, 0.5) is 0 Å². The van der Waals surface area contributed by atoms with Gasteiger partial charge in [0.25, 0.3) is 0 Å². The number of phenols is 25. The van der Waals surface area contributed by atoms with E-state index in [1.165, 1.54) is 0 Å². The highest BCUT2D eigenvalue weighted by atomic mass is 16.8. The number of rotatable bonds is 8. The molecule has 10 atom stereocenters. The van der Waals surface area contributed by atoms with E-state index < -0.39 is 367 Å². The monoisotopic (exact) mass is 1720 g/mol. The first-order chi connectivity index (χ1) is 58.0. The third-order valence-corrected chi connectivity index (χ3v) is 19.2. The SMILES string of the molecule is O=C1O[C@@H]2O[C@@H]3COC(=O)c4cc(O)c(O)c(O)c4-c4c(cc(O)c(O)c4O)C(=O)O[C@H]3[C@H](OC(=O)c3cc(O)c(O)c(O)c3)[C@H]2OC(=O)c2cc(Oc3c(C(=O)O[C@@H]4[C@@H](OC(=O)c5cc(O)c(O)c(O)c5)[C@@H]5OC(=O)c6cc(O)c(O)c(O)c6-c6c(cc(O)c(O)c6O)C(=O)OC[C@H]5O[C@@H]4O)cc(O)c(O)c3O)c(O)c(O)c2Oc2cc1cc(O)c2O. The second-order valence-electron chi connectivity index (χ2n) is 26.7. The topological polar surface area (TPSA) is 800 Å². The van der Waals surface area contributed by atoms with Gasteiger partial charge in [0.05, 0.1) is 38.9 Å². The van der Waals surface area contributed by atoms with Crippen molar-refractivity contribution in [2.45, 2.75) is 61.4 Å². The molecule has 0 unspecified atom stereocenters. The van der Waals surface area contributed by atoms with Gasteiger partial charge < -0.3 is 194 Å². The lowest BCUT2D eigenvalue weighted by molar-refractivity contribution is -0.284. The molecule has 0 amide bonds. The van der Waals surface area contributed by atoms with Gasteiger partial charge in [-0.05, 0) is 60.7 Å². The molecule has 2 fully saturated rings. The van der Waals surface area contributed by atoms with E-state index in [-0.39, 0.29) is 18.2 Å². The zero-order valence-electron chi connectivity index (χ0n) is 60.2. The van der Waals surface area contributed by atoms with Crippen LogP contribution in [-0.2, 0) is 52.1 Å². The van der Waals surface area contributed by atoms with Gasteiger partial charge in [0, 0.05) is 34.4 Å². The van der Waals surface area contributed by atoms with E-state index in [9.17, 15) is 162 Å². The number of fused-ring (bicyclic) bond motifs is 12. The number of benzene rings is 9. The van der Waals surface area contributed by atoms with Gasteiger partial charge in [0.1, 0.15) is 36.5 Å². The molecule has 0 aromatic heterocycles. The van der Waals surface area contributed by atoms with Gasteiger partial charge >= 0.3 is 53.7 Å². The summed E-state index contributed by atoms with van der Waals surface area (Å²) in [4.78, 5) is 132. The van der Waals surface area contributed by atoms with Crippen LogP contribution in [0.25, 0.3) is 22.3 Å². The van der Waals surface area contributed by atoms with Crippen molar-refractivity contribution in [2.75, 3.05) is 13.2 Å². The maximum Gasteiger partial charge on any atom is 0.342 e. The van der Waals surface area contributed by atoms with Crippen molar-refractivity contribution in [1.29, 1.82) is 0 Å². The molecule has 0 radical (unpaired) electrons. The van der Waals surface area contributed by atoms with Gasteiger partial charge in [-0.3, -0.25) is 0 Å². The predicted molar refractivity (Wildman–Crippen MR) is 378 cm³/mol. The summed E-state index contributed by atoms with van der Waals surface area (Å²) >= 11 is 0. The van der Waals surface area contributed by atoms with E-state index in [4.69, 9.17) is 61.6 Å². The highest BCUT2D eigenvalue weighted by Crippen LogP contribution is 2.58. The van der Waals surface area contributed by atoms with E-state index in [1.54, 1.807) is 0 Å². The Morgan fingerprint density at radius 3 is 1.15 bits per heavy atom. The van der Waals surface area contributed by atoms with Crippen molar-refractivity contribution in [3.05, 3.63) is 123 Å². The Hall–Kier alpha value is -17.3. The molecular formula is C75H52O48. The van der Waals surface area contributed by atoms with Gasteiger partial charge in [-0.15, -0.1) is 0 Å². The highest BCUT2D eigenvalue weighted by Gasteiger charge is 2.58. The maximum absolute atomic E-state index is 15.6. The minimum absolute atomic E-state index is 0.125. The molecule has 0 saturated carbocycles. The average Bonchev–Trinajstić information content (AvgIpc) is 1.42. The fourth-order valence-corrected chi connectivity index (χ4v) is 13.2. The van der Waals surface area contributed by atoms with Gasteiger partial charge in [0.2, 0.25) is 64.1 Å². The number of aliphatic hydroxyl groups excluding tert-OH is 1. The standard InChI is InChI=1S/C75H52O48/c76-24-1-15(2-25(77)42(24)86)65(101)119-61-59-36(13-111-68(104)18-7-29(81)45(89)51(95)38(18)40-20(70(106)117-59)9-31(83)47(91)53(40)97)115-74(110)63(61)121-72(108)22-11-33(85)49(93)55(99)57(22)114-35-12-23-58(56(100)50(35)94)113-34-6-17(5-28(80)44(34)88)67(103)123-75-64(122-73(23)109)62(120-66(102)16-3-26(78)43(87)27(79)4-16)60-37(116-75)14-112-69(105)19-8-30(82)46(90)52(96)39(19)41-21(71(107)118-60)10-32(84)48(92)54(41)98/h1-12,36-37,59-64,74-100,110H,13-14H2/t36-,37-,59-,60-,61+,62+,63-,64-,74+,75+/m1/s1. The average molecular weight is 1720 g/mol. The van der Waals surface area contributed by atoms with Crippen LogP contribution < -0.4 is 9.47 Å². The van der Waals surface area contributed by atoms with Gasteiger partial charge in [-0.1, -0.05) is 0 Å². The summed E-state index contributed by atoms with van der Waals surface area (Å²) in [6.45, 7) is -2.86. The first kappa shape index (κ1) is 82.2. The van der Waals surface area contributed by atoms with Gasteiger partial charge in [-0.25, -0.2) is 43.2 Å². The molecule has 5 aliphatic rings. The molecule has 0 spiro atoms. The third-order valence-electron chi connectivity index (χ3n) is 19.2. The molecule has 48 heteroatoms. The highest BCUT2D eigenvalue weighted by molar-refractivity contribution is 6.10. The van der Waals surface area contributed by atoms with Crippen LogP contribution >= 0.6 is 0 Å². The molecule has 5 heterocycles. The largest absolute Gasteiger partial charge is 0.504 e. The summed E-state index contributed by atoms with van der Waals surface area (Å²) in [7, 11) is 0. The van der Waals surface area contributed by atoms with Crippen LogP contribution in [0.3, 0.4) is 0 Å². The van der Waals surface area contributed by atoms with Gasteiger partial charge in [-0.2, -0.15) is 0 Å². The lowest BCUT2D eigenvalue weighted by atomic mass is 9.92. The Kier molecular flexibility index (Phi) is 20.3. The molecule has 0 aliphatic carbocycles. The van der Waals surface area contributed by atoms with Crippen LogP contribution in [0.1, 0.15) is 93.2 Å². The maximum atomic E-state index is 15.6. The number of carbonyl (C=O) groups is 9. The molecule has 14 rings (SSSR count).